The fourth-order valence-electron chi connectivity index (χ4n) is 4.73. The Balaban J connectivity index is 1.68. The van der Waals surface area contributed by atoms with Gasteiger partial charge in [0.25, 0.3) is 0 Å². The van der Waals surface area contributed by atoms with E-state index in [0.29, 0.717) is 5.65 Å². The minimum absolute atomic E-state index is 0.121. The Morgan fingerprint density at radius 2 is 1.56 bits per heavy atom. The molecule has 5 aromatic heterocycles. The second kappa shape index (κ2) is 6.77. The molecule has 34 heavy (non-hydrogen) atoms. The van der Waals surface area contributed by atoms with Gasteiger partial charge in [-0.05, 0) is 30.7 Å². The molecule has 10 nitrogen and oxygen atoms in total. The van der Waals surface area contributed by atoms with Crippen molar-refractivity contribution in [3.63, 3.8) is 0 Å². The second-order valence-electron chi connectivity index (χ2n) is 8.64. The van der Waals surface area contributed by atoms with Gasteiger partial charge in [0.15, 0.2) is 5.65 Å². The molecule has 0 spiro atoms. The number of rotatable bonds is 2. The highest BCUT2D eigenvalue weighted by Gasteiger charge is 2.19. The van der Waals surface area contributed by atoms with Gasteiger partial charge in [0, 0.05) is 51.5 Å². The lowest BCUT2D eigenvalue weighted by Crippen LogP contribution is -2.21. The van der Waals surface area contributed by atoms with E-state index in [2.05, 4.69) is 15.1 Å². The van der Waals surface area contributed by atoms with Crippen molar-refractivity contribution in [3.8, 4) is 16.8 Å². The molecule has 0 aliphatic rings. The molecule has 0 fully saturated rings. The highest BCUT2D eigenvalue weighted by molar-refractivity contribution is 6.04. The first kappa shape index (κ1) is 20.2. The van der Waals surface area contributed by atoms with Gasteiger partial charge < -0.3 is 0 Å². The van der Waals surface area contributed by atoms with E-state index < -0.39 is 0 Å². The molecule has 0 amide bonds. The molecule has 10 heteroatoms. The van der Waals surface area contributed by atoms with Gasteiger partial charge in [-0.3, -0.25) is 27.9 Å². The first-order valence-electron chi connectivity index (χ1n) is 10.8. The van der Waals surface area contributed by atoms with Crippen molar-refractivity contribution in [2.45, 2.75) is 6.92 Å². The lowest BCUT2D eigenvalue weighted by atomic mass is 10.0. The fraction of sp³-hybridized carbons (Fsp3) is 0.208. The topological polar surface area (TPSA) is 97.5 Å². The van der Waals surface area contributed by atoms with Crippen LogP contribution in [-0.2, 0) is 28.2 Å². The van der Waals surface area contributed by atoms with E-state index in [1.807, 2.05) is 44.4 Å². The lowest BCUT2D eigenvalue weighted by molar-refractivity contribution is 0.756. The Hall–Kier alpha value is -4.47. The molecule has 0 N–H and O–H groups in total. The summed E-state index contributed by atoms with van der Waals surface area (Å²) in [6, 6.07) is 7.90. The van der Waals surface area contributed by atoms with Crippen LogP contribution in [-0.4, -0.2) is 38.0 Å². The number of imidazole rings is 2. The normalized spacial score (nSPS) is 11.9. The molecule has 5 heterocycles. The van der Waals surface area contributed by atoms with Crippen molar-refractivity contribution < 1.29 is 0 Å². The van der Waals surface area contributed by atoms with Gasteiger partial charge in [-0.1, -0.05) is 6.07 Å². The van der Waals surface area contributed by atoms with Crippen LogP contribution in [0, 0.1) is 6.92 Å². The SMILES string of the molecule is Cc1nn(C)cc1-n1c(=O)n(C)c2cnc3ccc(-c4cnc5c(c4)n(C)c(=O)n5C)cc3c21. The van der Waals surface area contributed by atoms with E-state index in [0.717, 1.165) is 50.0 Å². The zero-order chi connectivity index (χ0) is 23.9. The summed E-state index contributed by atoms with van der Waals surface area (Å²) >= 11 is 0. The van der Waals surface area contributed by atoms with Crippen molar-refractivity contribution in [1.82, 2.24) is 38.0 Å². The van der Waals surface area contributed by atoms with Gasteiger partial charge >= 0.3 is 11.4 Å². The van der Waals surface area contributed by atoms with Crippen LogP contribution >= 0.6 is 0 Å². The molecule has 0 aliphatic carbocycles. The maximum absolute atomic E-state index is 13.3. The van der Waals surface area contributed by atoms with Gasteiger partial charge in [-0.25, -0.2) is 14.6 Å². The third-order valence-electron chi connectivity index (χ3n) is 6.55. The highest BCUT2D eigenvalue weighted by atomic mass is 16.2. The van der Waals surface area contributed by atoms with Crippen LogP contribution < -0.4 is 11.4 Å². The molecule has 170 valence electrons. The molecule has 1 aromatic carbocycles. The van der Waals surface area contributed by atoms with E-state index in [9.17, 15) is 9.59 Å². The average Bonchev–Trinajstić information content (AvgIpc) is 3.38. The van der Waals surface area contributed by atoms with Crippen LogP contribution in [0.4, 0.5) is 0 Å². The Morgan fingerprint density at radius 3 is 2.29 bits per heavy atom. The number of pyridine rings is 2. The number of hydrogen-bond donors (Lipinski definition) is 0. The van der Waals surface area contributed by atoms with E-state index >= 15 is 0 Å². The third kappa shape index (κ3) is 2.59. The van der Waals surface area contributed by atoms with Crippen molar-refractivity contribution >= 4 is 33.1 Å². The fourth-order valence-corrected chi connectivity index (χ4v) is 4.73. The Morgan fingerprint density at radius 1 is 0.794 bits per heavy atom. The molecular formula is C24H22N8O2. The van der Waals surface area contributed by atoms with Crippen LogP contribution in [0.1, 0.15) is 5.69 Å². The van der Waals surface area contributed by atoms with Gasteiger partial charge in [0.2, 0.25) is 0 Å². The van der Waals surface area contributed by atoms with Crippen LogP contribution in [0.5, 0.6) is 0 Å². The Labute approximate surface area is 192 Å². The monoisotopic (exact) mass is 454 g/mol. The zero-order valence-corrected chi connectivity index (χ0v) is 19.4. The molecule has 0 radical (unpaired) electrons. The molecule has 6 aromatic rings. The van der Waals surface area contributed by atoms with Crippen molar-refractivity contribution in [1.29, 1.82) is 0 Å². The molecular weight excluding hydrogens is 432 g/mol. The second-order valence-corrected chi connectivity index (χ2v) is 8.64. The van der Waals surface area contributed by atoms with Crippen LogP contribution in [0.15, 0.2) is 52.4 Å². The largest absolute Gasteiger partial charge is 0.333 e. The van der Waals surface area contributed by atoms with Crippen molar-refractivity contribution in [2.75, 3.05) is 0 Å². The summed E-state index contributed by atoms with van der Waals surface area (Å²) in [5.41, 5.74) is 6.67. The van der Waals surface area contributed by atoms with E-state index in [1.54, 1.807) is 51.9 Å². The Kier molecular flexibility index (Phi) is 4.01. The summed E-state index contributed by atoms with van der Waals surface area (Å²) in [6.07, 6.45) is 5.34. The molecule has 6 rings (SSSR count). The predicted octanol–water partition coefficient (Wildman–Crippen LogP) is 2.17. The van der Waals surface area contributed by atoms with Crippen LogP contribution in [0.25, 0.3) is 49.9 Å². The van der Waals surface area contributed by atoms with Crippen molar-refractivity contribution in [3.05, 3.63) is 69.5 Å². The maximum atomic E-state index is 13.3. The van der Waals surface area contributed by atoms with E-state index in [4.69, 9.17) is 0 Å². The van der Waals surface area contributed by atoms with E-state index in [1.165, 1.54) is 4.57 Å². The van der Waals surface area contributed by atoms with Crippen molar-refractivity contribution in [2.24, 2.45) is 28.2 Å². The molecule has 0 saturated carbocycles. The molecule has 0 aliphatic heterocycles. The van der Waals surface area contributed by atoms with Gasteiger partial charge in [0.1, 0.15) is 0 Å². The predicted molar refractivity (Wildman–Crippen MR) is 130 cm³/mol. The highest BCUT2D eigenvalue weighted by Crippen LogP contribution is 2.30. The average molecular weight is 454 g/mol. The summed E-state index contributed by atoms with van der Waals surface area (Å²) in [5, 5.41) is 5.28. The van der Waals surface area contributed by atoms with Crippen LogP contribution in [0.3, 0.4) is 0 Å². The minimum Gasteiger partial charge on any atom is -0.293 e. The quantitative estimate of drug-likeness (QED) is 0.399. The summed E-state index contributed by atoms with van der Waals surface area (Å²) in [5.74, 6) is 0. The van der Waals surface area contributed by atoms with E-state index in [-0.39, 0.29) is 11.4 Å². The first-order valence-corrected chi connectivity index (χ1v) is 10.8. The standard InChI is InChI=1S/C24H22N8O2/c1-13-20(12-28(2)27-13)32-21-16-8-14(6-7-17(16)25-11-19(21)30(4)24(32)34)15-9-18-22(26-10-15)31(5)23(33)29(18)3/h6-12H,1-5H3. The summed E-state index contributed by atoms with van der Waals surface area (Å²) in [6.45, 7) is 1.89. The maximum Gasteiger partial charge on any atom is 0.333 e. The molecule has 0 unspecified atom stereocenters. The number of benzene rings is 1. The Bertz CT molecular complexity index is 1910. The first-order chi connectivity index (χ1) is 16.3. The number of hydrogen-bond acceptors (Lipinski definition) is 5. The number of nitrogens with zero attached hydrogens (tertiary/aromatic N) is 8. The summed E-state index contributed by atoms with van der Waals surface area (Å²) < 4.78 is 8.14. The zero-order valence-electron chi connectivity index (χ0n) is 19.4. The third-order valence-corrected chi connectivity index (χ3v) is 6.55. The summed E-state index contributed by atoms with van der Waals surface area (Å²) in [4.78, 5) is 34.7. The smallest absolute Gasteiger partial charge is 0.293 e. The molecule has 0 bridgehead atoms. The van der Waals surface area contributed by atoms with Gasteiger partial charge in [0.05, 0.1) is 39.6 Å². The molecule has 0 atom stereocenters. The minimum atomic E-state index is -0.159. The van der Waals surface area contributed by atoms with Crippen LogP contribution in [0.2, 0.25) is 0 Å². The number of fused-ring (bicyclic) bond motifs is 4. The lowest BCUT2D eigenvalue weighted by Gasteiger charge is -2.08. The number of aromatic nitrogens is 8. The number of aryl methyl sites for hydroxylation is 5. The van der Waals surface area contributed by atoms with Gasteiger partial charge in [-0.15, -0.1) is 0 Å². The summed E-state index contributed by atoms with van der Waals surface area (Å²) in [7, 11) is 7.04. The van der Waals surface area contributed by atoms with Gasteiger partial charge in [-0.2, -0.15) is 5.10 Å². The molecule has 0 saturated heterocycles.